The average Bonchev–Trinajstić information content (AvgIpc) is 1.79. The van der Waals surface area contributed by atoms with Crippen LogP contribution in [-0.2, 0) is 0 Å². The lowest BCUT2D eigenvalue weighted by atomic mass is 10.3. The molecule has 48 valence electrons. The number of aryl methyl sites for hydroxylation is 1. The minimum Gasteiger partial charge on any atom is -0.309 e. The first-order chi connectivity index (χ1) is 4.39. The van der Waals surface area contributed by atoms with E-state index in [-0.39, 0.29) is 0 Å². The molecule has 1 rings (SSSR count). The summed E-state index contributed by atoms with van der Waals surface area (Å²) in [6.07, 6.45) is 3.70. The van der Waals surface area contributed by atoms with Crippen molar-refractivity contribution in [1.82, 2.24) is 10.2 Å². The first-order valence-corrected chi connectivity index (χ1v) is 2.90. The monoisotopic (exact) mass is 122 g/mol. The summed E-state index contributed by atoms with van der Waals surface area (Å²) in [4.78, 5) is 0. The molecule has 0 aromatic carbocycles. The Morgan fingerprint density at radius 3 is 2.78 bits per heavy atom. The SMILES string of the molecule is Cc1ccc[nH][nH]cc1. The largest absolute Gasteiger partial charge is 0.309 e. The average molecular weight is 122 g/mol. The van der Waals surface area contributed by atoms with Gasteiger partial charge in [0.25, 0.3) is 0 Å². The molecule has 1 aromatic rings. The van der Waals surface area contributed by atoms with Crippen molar-refractivity contribution in [3.8, 4) is 0 Å². The van der Waals surface area contributed by atoms with Gasteiger partial charge in [-0.25, -0.2) is 0 Å². The minimum atomic E-state index is 1.24. The van der Waals surface area contributed by atoms with Crippen LogP contribution in [0.15, 0.2) is 30.6 Å². The molecule has 0 amide bonds. The molecule has 2 N–H and O–H groups in total. The molecule has 0 atom stereocenters. The lowest BCUT2D eigenvalue weighted by Crippen LogP contribution is -1.71. The van der Waals surface area contributed by atoms with Crippen molar-refractivity contribution in [3.05, 3.63) is 36.2 Å². The van der Waals surface area contributed by atoms with Gasteiger partial charge in [-0.05, 0) is 24.6 Å². The van der Waals surface area contributed by atoms with E-state index in [9.17, 15) is 0 Å². The highest BCUT2D eigenvalue weighted by atomic mass is 15.1. The highest BCUT2D eigenvalue weighted by Crippen LogP contribution is 1.87. The Bertz CT molecular complexity index is 189. The molecule has 1 aromatic heterocycles. The van der Waals surface area contributed by atoms with E-state index in [2.05, 4.69) is 10.2 Å². The van der Waals surface area contributed by atoms with Gasteiger partial charge in [0, 0.05) is 12.4 Å². The van der Waals surface area contributed by atoms with Crippen molar-refractivity contribution in [2.24, 2.45) is 0 Å². The standard InChI is InChI=1S/C7H10N2/c1-7-3-2-5-8-9-6-4-7/h2-6,8-9H,1H3. The topological polar surface area (TPSA) is 31.6 Å². The predicted molar refractivity (Wildman–Crippen MR) is 37.5 cm³/mol. The van der Waals surface area contributed by atoms with Crippen LogP contribution in [-0.4, -0.2) is 10.2 Å². The second kappa shape index (κ2) is 2.97. The van der Waals surface area contributed by atoms with Gasteiger partial charge in [0.05, 0.1) is 0 Å². The van der Waals surface area contributed by atoms with Crippen LogP contribution in [0.1, 0.15) is 5.56 Å². The molecule has 0 aliphatic carbocycles. The summed E-state index contributed by atoms with van der Waals surface area (Å²) in [6, 6.07) is 5.98. The Morgan fingerprint density at radius 1 is 1.11 bits per heavy atom. The predicted octanol–water partition coefficient (Wildman–Crippen LogP) is 1.78. The third-order valence-electron chi connectivity index (χ3n) is 1.05. The molecule has 0 spiro atoms. The zero-order chi connectivity index (χ0) is 6.53. The van der Waals surface area contributed by atoms with Gasteiger partial charge in [0.15, 0.2) is 0 Å². The molecule has 2 nitrogen and oxygen atoms in total. The second-order valence-electron chi connectivity index (χ2n) is 1.89. The molecule has 0 saturated carbocycles. The Morgan fingerprint density at radius 2 is 1.89 bits per heavy atom. The molecule has 0 saturated heterocycles. The molecular formula is C7H10N2. The first-order valence-electron chi connectivity index (χ1n) is 2.90. The summed E-state index contributed by atoms with van der Waals surface area (Å²) < 4.78 is 0. The number of aromatic amines is 2. The van der Waals surface area contributed by atoms with Gasteiger partial charge in [0.2, 0.25) is 0 Å². The number of aromatic nitrogens is 2. The number of nitrogens with one attached hydrogen (secondary N) is 2. The third kappa shape index (κ3) is 2.04. The van der Waals surface area contributed by atoms with E-state index >= 15 is 0 Å². The molecule has 9 heavy (non-hydrogen) atoms. The molecule has 1 heterocycles. The summed E-state index contributed by atoms with van der Waals surface area (Å²) in [5.41, 5.74) is 1.24. The lowest BCUT2D eigenvalue weighted by Gasteiger charge is -1.83. The Labute approximate surface area is 54.2 Å². The quantitative estimate of drug-likeness (QED) is 0.525. The van der Waals surface area contributed by atoms with Crippen LogP contribution in [0.2, 0.25) is 0 Å². The second-order valence-corrected chi connectivity index (χ2v) is 1.89. The summed E-state index contributed by atoms with van der Waals surface area (Å²) in [7, 11) is 0. The van der Waals surface area contributed by atoms with E-state index in [4.69, 9.17) is 0 Å². The van der Waals surface area contributed by atoms with Crippen molar-refractivity contribution >= 4 is 0 Å². The van der Waals surface area contributed by atoms with E-state index in [0.29, 0.717) is 0 Å². The van der Waals surface area contributed by atoms with Gasteiger partial charge in [-0.3, -0.25) is 0 Å². The highest BCUT2D eigenvalue weighted by molar-refractivity contribution is 5.04. The van der Waals surface area contributed by atoms with Crippen LogP contribution in [0.4, 0.5) is 0 Å². The summed E-state index contributed by atoms with van der Waals surface area (Å²) in [5, 5.41) is 5.71. The smallest absolute Gasteiger partial charge is 0.0180 e. The van der Waals surface area contributed by atoms with Crippen LogP contribution in [0, 0.1) is 6.92 Å². The molecule has 0 radical (unpaired) electrons. The van der Waals surface area contributed by atoms with E-state index in [0.717, 1.165) is 0 Å². The Hall–Kier alpha value is -1.18. The van der Waals surface area contributed by atoms with Gasteiger partial charge < -0.3 is 10.2 Å². The van der Waals surface area contributed by atoms with E-state index in [1.165, 1.54) is 5.56 Å². The zero-order valence-corrected chi connectivity index (χ0v) is 5.39. The molecule has 0 bridgehead atoms. The van der Waals surface area contributed by atoms with E-state index < -0.39 is 0 Å². The van der Waals surface area contributed by atoms with Gasteiger partial charge in [-0.1, -0.05) is 6.07 Å². The van der Waals surface area contributed by atoms with Crippen LogP contribution in [0.5, 0.6) is 0 Å². The summed E-state index contributed by atoms with van der Waals surface area (Å²) in [5.74, 6) is 0. The van der Waals surface area contributed by atoms with Gasteiger partial charge in [0.1, 0.15) is 0 Å². The summed E-state index contributed by atoms with van der Waals surface area (Å²) >= 11 is 0. The minimum absolute atomic E-state index is 1.24. The number of rotatable bonds is 0. The fourth-order valence-electron chi connectivity index (χ4n) is 0.573. The van der Waals surface area contributed by atoms with E-state index in [1.54, 1.807) is 0 Å². The van der Waals surface area contributed by atoms with Crippen LogP contribution >= 0.6 is 0 Å². The summed E-state index contributed by atoms with van der Waals surface area (Å²) in [6.45, 7) is 2.05. The van der Waals surface area contributed by atoms with Crippen LogP contribution in [0.25, 0.3) is 0 Å². The molecule has 0 fully saturated rings. The van der Waals surface area contributed by atoms with Crippen LogP contribution < -0.4 is 0 Å². The van der Waals surface area contributed by atoms with Crippen molar-refractivity contribution < 1.29 is 0 Å². The van der Waals surface area contributed by atoms with Crippen LogP contribution in [0.3, 0.4) is 0 Å². The maximum Gasteiger partial charge on any atom is 0.0180 e. The normalized spacial score (nSPS) is 8.56. The third-order valence-corrected chi connectivity index (χ3v) is 1.05. The van der Waals surface area contributed by atoms with Crippen molar-refractivity contribution in [2.75, 3.05) is 0 Å². The highest BCUT2D eigenvalue weighted by Gasteiger charge is 1.70. The number of hydrogen-bond acceptors (Lipinski definition) is 0. The van der Waals surface area contributed by atoms with Gasteiger partial charge >= 0.3 is 0 Å². The molecule has 2 heteroatoms. The Kier molecular flexibility index (Phi) is 1.96. The number of H-pyrrole nitrogens is 2. The van der Waals surface area contributed by atoms with Gasteiger partial charge in [-0.15, -0.1) is 0 Å². The Balaban J connectivity index is 3.08. The zero-order valence-electron chi connectivity index (χ0n) is 5.39. The molecule has 0 aliphatic heterocycles. The van der Waals surface area contributed by atoms with Crippen molar-refractivity contribution in [1.29, 1.82) is 0 Å². The van der Waals surface area contributed by atoms with Gasteiger partial charge in [-0.2, -0.15) is 0 Å². The van der Waals surface area contributed by atoms with E-state index in [1.807, 2.05) is 37.5 Å². The fourth-order valence-corrected chi connectivity index (χ4v) is 0.573. The molecule has 0 unspecified atom stereocenters. The maximum absolute atomic E-state index is 2.86. The number of hydrogen-bond donors (Lipinski definition) is 2. The fraction of sp³-hybridized carbons (Fsp3) is 0.143. The lowest BCUT2D eigenvalue weighted by molar-refractivity contribution is 1.04. The molecular weight excluding hydrogens is 112 g/mol. The van der Waals surface area contributed by atoms with Crippen molar-refractivity contribution in [3.63, 3.8) is 0 Å². The maximum atomic E-state index is 2.86. The first kappa shape index (κ1) is 5.95. The molecule has 0 aliphatic rings. The van der Waals surface area contributed by atoms with Crippen molar-refractivity contribution in [2.45, 2.75) is 6.92 Å².